The number of nitrogens with one attached hydrogen (secondary N) is 3. The molecule has 2 saturated carbocycles. The zero-order chi connectivity index (χ0) is 12.8. The Balaban J connectivity index is 1.56. The van der Waals surface area contributed by atoms with Gasteiger partial charge in [0.2, 0.25) is 0 Å². The van der Waals surface area contributed by atoms with E-state index in [0.717, 1.165) is 29.8 Å². The van der Waals surface area contributed by atoms with E-state index >= 15 is 0 Å². The van der Waals surface area contributed by atoms with Gasteiger partial charge in [-0.25, -0.2) is 0 Å². The highest BCUT2D eigenvalue weighted by Crippen LogP contribution is 2.43. The zero-order valence-electron chi connectivity index (χ0n) is 10.4. The van der Waals surface area contributed by atoms with Crippen molar-refractivity contribution >= 4 is 11.7 Å². The van der Waals surface area contributed by atoms with Crippen molar-refractivity contribution in [1.82, 2.24) is 20.4 Å². The Morgan fingerprint density at radius 2 is 1.68 bits per heavy atom. The zero-order valence-corrected chi connectivity index (χ0v) is 10.4. The predicted octanol–water partition coefficient (Wildman–Crippen LogP) is 2.14. The first-order valence-corrected chi connectivity index (χ1v) is 6.71. The SMILES string of the molecule is O=C(Nc1[nH]ncc1C1CC1)c1[nH]ncc1C1CC1. The molecule has 6 nitrogen and oxygen atoms in total. The fourth-order valence-electron chi connectivity index (χ4n) is 2.46. The minimum Gasteiger partial charge on any atom is -0.305 e. The number of hydrogen-bond donors (Lipinski definition) is 3. The summed E-state index contributed by atoms with van der Waals surface area (Å²) >= 11 is 0. The van der Waals surface area contributed by atoms with Gasteiger partial charge in [0.05, 0.1) is 12.4 Å². The van der Waals surface area contributed by atoms with Crippen molar-refractivity contribution in [3.63, 3.8) is 0 Å². The number of nitrogens with zero attached hydrogens (tertiary/aromatic N) is 2. The van der Waals surface area contributed by atoms with Crippen LogP contribution in [0.5, 0.6) is 0 Å². The van der Waals surface area contributed by atoms with E-state index in [9.17, 15) is 4.79 Å². The molecular weight excluding hydrogens is 242 g/mol. The van der Waals surface area contributed by atoms with Gasteiger partial charge in [0.1, 0.15) is 11.5 Å². The Labute approximate surface area is 110 Å². The Morgan fingerprint density at radius 1 is 1.05 bits per heavy atom. The van der Waals surface area contributed by atoms with Crippen molar-refractivity contribution in [2.75, 3.05) is 5.32 Å². The molecule has 0 bridgehead atoms. The van der Waals surface area contributed by atoms with Gasteiger partial charge in [0.15, 0.2) is 0 Å². The number of aromatic amines is 2. The summed E-state index contributed by atoms with van der Waals surface area (Å²) in [6.45, 7) is 0. The molecule has 2 aromatic rings. The second-order valence-corrected chi connectivity index (χ2v) is 5.40. The van der Waals surface area contributed by atoms with Gasteiger partial charge in [-0.1, -0.05) is 0 Å². The number of carbonyl (C=O) groups is 1. The average Bonchev–Trinajstić information content (AvgIpc) is 3.34. The van der Waals surface area contributed by atoms with Gasteiger partial charge >= 0.3 is 0 Å². The fraction of sp³-hybridized carbons (Fsp3) is 0.462. The van der Waals surface area contributed by atoms with E-state index < -0.39 is 0 Å². The van der Waals surface area contributed by atoms with E-state index in [2.05, 4.69) is 25.7 Å². The van der Waals surface area contributed by atoms with Crippen LogP contribution in [-0.4, -0.2) is 26.3 Å². The Hall–Kier alpha value is -2.11. The van der Waals surface area contributed by atoms with E-state index in [-0.39, 0.29) is 5.91 Å². The molecule has 19 heavy (non-hydrogen) atoms. The second-order valence-electron chi connectivity index (χ2n) is 5.40. The lowest BCUT2D eigenvalue weighted by Gasteiger charge is -2.05. The minimum atomic E-state index is -0.134. The first-order chi connectivity index (χ1) is 9.33. The van der Waals surface area contributed by atoms with Crippen LogP contribution < -0.4 is 5.32 Å². The van der Waals surface area contributed by atoms with Crippen LogP contribution in [0.2, 0.25) is 0 Å². The number of carbonyl (C=O) groups excluding carboxylic acids is 1. The van der Waals surface area contributed by atoms with Crippen LogP contribution in [0.3, 0.4) is 0 Å². The maximum Gasteiger partial charge on any atom is 0.275 e. The summed E-state index contributed by atoms with van der Waals surface area (Å²) in [4.78, 5) is 12.3. The quantitative estimate of drug-likeness (QED) is 0.784. The highest BCUT2D eigenvalue weighted by molar-refractivity contribution is 6.03. The van der Waals surface area contributed by atoms with E-state index in [1.807, 2.05) is 6.20 Å². The smallest absolute Gasteiger partial charge is 0.275 e. The van der Waals surface area contributed by atoms with E-state index in [0.29, 0.717) is 17.5 Å². The Morgan fingerprint density at radius 3 is 2.42 bits per heavy atom. The summed E-state index contributed by atoms with van der Waals surface area (Å²) in [5.74, 6) is 1.65. The molecule has 3 N–H and O–H groups in total. The Kier molecular flexibility index (Phi) is 2.24. The molecule has 1 amide bonds. The largest absolute Gasteiger partial charge is 0.305 e. The van der Waals surface area contributed by atoms with Crippen LogP contribution in [0.15, 0.2) is 12.4 Å². The number of anilines is 1. The highest BCUT2D eigenvalue weighted by atomic mass is 16.2. The van der Waals surface area contributed by atoms with E-state index in [4.69, 9.17) is 0 Å². The molecule has 6 heteroatoms. The van der Waals surface area contributed by atoms with Gasteiger partial charge in [-0.3, -0.25) is 15.0 Å². The van der Waals surface area contributed by atoms with Gasteiger partial charge < -0.3 is 5.32 Å². The van der Waals surface area contributed by atoms with Crippen molar-refractivity contribution in [3.05, 3.63) is 29.2 Å². The lowest BCUT2D eigenvalue weighted by molar-refractivity contribution is 0.102. The predicted molar refractivity (Wildman–Crippen MR) is 69.1 cm³/mol. The van der Waals surface area contributed by atoms with Crippen LogP contribution in [-0.2, 0) is 0 Å². The van der Waals surface area contributed by atoms with Crippen LogP contribution in [0.25, 0.3) is 0 Å². The van der Waals surface area contributed by atoms with Gasteiger partial charge in [0, 0.05) is 11.1 Å². The summed E-state index contributed by atoms with van der Waals surface area (Å²) in [6.07, 6.45) is 8.23. The van der Waals surface area contributed by atoms with Crippen molar-refractivity contribution in [1.29, 1.82) is 0 Å². The number of amides is 1. The minimum absolute atomic E-state index is 0.134. The number of aromatic nitrogens is 4. The molecule has 4 rings (SSSR count). The van der Waals surface area contributed by atoms with Gasteiger partial charge in [-0.2, -0.15) is 10.2 Å². The molecular formula is C13H15N5O. The third-order valence-corrected chi connectivity index (χ3v) is 3.84. The van der Waals surface area contributed by atoms with Crippen molar-refractivity contribution < 1.29 is 4.79 Å². The molecule has 0 aliphatic heterocycles. The molecule has 2 aliphatic rings. The number of rotatable bonds is 4. The summed E-state index contributed by atoms with van der Waals surface area (Å²) in [5.41, 5.74) is 2.73. The molecule has 0 atom stereocenters. The third-order valence-electron chi connectivity index (χ3n) is 3.84. The van der Waals surface area contributed by atoms with Gasteiger partial charge in [0.25, 0.3) is 5.91 Å². The summed E-state index contributed by atoms with van der Waals surface area (Å²) in [7, 11) is 0. The fourth-order valence-corrected chi connectivity index (χ4v) is 2.46. The third kappa shape index (κ3) is 1.93. The first-order valence-electron chi connectivity index (χ1n) is 6.71. The summed E-state index contributed by atoms with van der Waals surface area (Å²) in [5, 5.41) is 16.6. The molecule has 2 heterocycles. The molecule has 0 unspecified atom stereocenters. The van der Waals surface area contributed by atoms with Crippen LogP contribution in [0, 0.1) is 0 Å². The summed E-state index contributed by atoms with van der Waals surface area (Å²) < 4.78 is 0. The van der Waals surface area contributed by atoms with Crippen LogP contribution in [0.4, 0.5) is 5.82 Å². The number of H-pyrrole nitrogens is 2. The molecule has 0 aromatic carbocycles. The lowest BCUT2D eigenvalue weighted by Crippen LogP contribution is -2.15. The van der Waals surface area contributed by atoms with E-state index in [1.54, 1.807) is 6.20 Å². The standard InChI is InChI=1S/C13H15N5O/c19-13(11-9(5-14-17-11)7-1-2-7)16-12-10(6-15-18-12)8-3-4-8/h5-8H,1-4H2,(H,14,17)(H2,15,16,18,19). The normalized spacial score (nSPS) is 18.5. The highest BCUT2D eigenvalue weighted by Gasteiger charge is 2.31. The molecule has 98 valence electrons. The topological polar surface area (TPSA) is 86.5 Å². The van der Waals surface area contributed by atoms with E-state index in [1.165, 1.54) is 12.8 Å². The Bertz CT molecular complexity index is 621. The van der Waals surface area contributed by atoms with Gasteiger partial charge in [-0.05, 0) is 37.5 Å². The molecule has 0 spiro atoms. The van der Waals surface area contributed by atoms with Crippen molar-refractivity contribution in [3.8, 4) is 0 Å². The van der Waals surface area contributed by atoms with Gasteiger partial charge in [-0.15, -0.1) is 0 Å². The monoisotopic (exact) mass is 257 g/mol. The van der Waals surface area contributed by atoms with Crippen molar-refractivity contribution in [2.24, 2.45) is 0 Å². The molecule has 2 aliphatic carbocycles. The maximum absolute atomic E-state index is 12.3. The maximum atomic E-state index is 12.3. The van der Waals surface area contributed by atoms with Crippen LogP contribution in [0.1, 0.15) is 59.1 Å². The molecule has 0 saturated heterocycles. The lowest BCUT2D eigenvalue weighted by atomic mass is 10.1. The first kappa shape index (κ1) is 10.8. The van der Waals surface area contributed by atoms with Crippen molar-refractivity contribution in [2.45, 2.75) is 37.5 Å². The molecule has 2 fully saturated rings. The molecule has 2 aromatic heterocycles. The molecule has 0 radical (unpaired) electrons. The average molecular weight is 257 g/mol. The number of hydrogen-bond acceptors (Lipinski definition) is 3. The second kappa shape index (κ2) is 3.94. The van der Waals surface area contributed by atoms with Crippen LogP contribution >= 0.6 is 0 Å². The summed E-state index contributed by atoms with van der Waals surface area (Å²) in [6, 6.07) is 0.